The lowest BCUT2D eigenvalue weighted by molar-refractivity contribution is -0.115. The second kappa shape index (κ2) is 13.3. The third-order valence-corrected chi connectivity index (χ3v) is 8.92. The molecule has 11 heteroatoms. The van der Waals surface area contributed by atoms with E-state index in [0.29, 0.717) is 30.1 Å². The number of ether oxygens (including phenoxy) is 2. The minimum atomic E-state index is -3.85. The molecule has 5 rings (SSSR count). The van der Waals surface area contributed by atoms with Gasteiger partial charge in [0.05, 0.1) is 28.1 Å². The molecule has 0 bridgehead atoms. The van der Waals surface area contributed by atoms with Crippen LogP contribution in [0.15, 0.2) is 102 Å². The first-order valence-electron chi connectivity index (χ1n) is 14.0. The van der Waals surface area contributed by atoms with Crippen molar-refractivity contribution in [2.75, 3.05) is 11.9 Å². The summed E-state index contributed by atoms with van der Waals surface area (Å²) < 4.78 is 54.0. The SMILES string of the molecule is O=C(Cc1ccc(Oc2ccc(OCC3(NS(=O)(=O)c4ccc(F)cc4)CCCC3)cc2)cc1)Nc1ccccc1C(=O)O. The lowest BCUT2D eigenvalue weighted by Gasteiger charge is -2.30. The molecule has 0 heterocycles. The van der Waals surface area contributed by atoms with E-state index in [1.54, 1.807) is 66.7 Å². The van der Waals surface area contributed by atoms with Gasteiger partial charge in [-0.3, -0.25) is 4.79 Å². The predicted molar refractivity (Wildman–Crippen MR) is 162 cm³/mol. The lowest BCUT2D eigenvalue weighted by atomic mass is 10.0. The van der Waals surface area contributed by atoms with Crippen LogP contribution in [0.2, 0.25) is 0 Å². The number of aromatic carboxylic acids is 1. The maximum absolute atomic E-state index is 13.3. The van der Waals surface area contributed by atoms with Crippen molar-refractivity contribution in [3.05, 3.63) is 114 Å². The van der Waals surface area contributed by atoms with Gasteiger partial charge in [-0.1, -0.05) is 37.1 Å². The van der Waals surface area contributed by atoms with E-state index >= 15 is 0 Å². The summed E-state index contributed by atoms with van der Waals surface area (Å²) in [7, 11) is -3.85. The van der Waals surface area contributed by atoms with Crippen molar-refractivity contribution in [3.8, 4) is 17.2 Å². The van der Waals surface area contributed by atoms with Gasteiger partial charge in [0, 0.05) is 0 Å². The average Bonchev–Trinajstić information content (AvgIpc) is 3.46. The Morgan fingerprint density at radius 1 is 0.818 bits per heavy atom. The molecule has 0 aliphatic heterocycles. The van der Waals surface area contributed by atoms with Crippen molar-refractivity contribution in [2.24, 2.45) is 0 Å². The Morgan fingerprint density at radius 2 is 1.41 bits per heavy atom. The lowest BCUT2D eigenvalue weighted by Crippen LogP contribution is -2.50. The number of anilines is 1. The van der Waals surface area contributed by atoms with Gasteiger partial charge in [0.25, 0.3) is 0 Å². The van der Waals surface area contributed by atoms with Crippen molar-refractivity contribution in [1.29, 1.82) is 0 Å². The molecule has 9 nitrogen and oxygen atoms in total. The van der Waals surface area contributed by atoms with E-state index in [0.717, 1.165) is 30.5 Å². The van der Waals surface area contributed by atoms with Crippen LogP contribution in [-0.2, 0) is 21.2 Å². The summed E-state index contributed by atoms with van der Waals surface area (Å²) in [5.74, 6) is -0.304. The molecule has 3 N–H and O–H groups in total. The van der Waals surface area contributed by atoms with Gasteiger partial charge in [-0.25, -0.2) is 22.3 Å². The predicted octanol–water partition coefficient (Wildman–Crippen LogP) is 6.17. The zero-order chi connectivity index (χ0) is 31.2. The second-order valence-electron chi connectivity index (χ2n) is 10.6. The number of para-hydroxylation sites is 1. The standard InChI is InChI=1S/C33H31FN2O7S/c34-24-9-17-28(18-10-24)44(40,41)36-33(19-3-4-20-33)22-42-25-13-15-27(16-14-25)43-26-11-7-23(8-12-26)21-31(37)35-30-6-2-1-5-29(30)32(38)39/h1-2,5-18,36H,3-4,19-22H2,(H,35,37)(H,38,39). The maximum atomic E-state index is 13.3. The summed E-state index contributed by atoms with van der Waals surface area (Å²) in [5, 5.41) is 11.9. The first-order valence-corrected chi connectivity index (χ1v) is 15.5. The summed E-state index contributed by atoms with van der Waals surface area (Å²) in [6, 6.07) is 24.9. The molecule has 1 amide bonds. The number of benzene rings is 4. The first kappa shape index (κ1) is 30.7. The van der Waals surface area contributed by atoms with Gasteiger partial charge in [-0.15, -0.1) is 0 Å². The van der Waals surface area contributed by atoms with Crippen molar-refractivity contribution >= 4 is 27.6 Å². The van der Waals surface area contributed by atoms with Crippen molar-refractivity contribution in [1.82, 2.24) is 4.72 Å². The van der Waals surface area contributed by atoms with Crippen LogP contribution in [0.4, 0.5) is 10.1 Å². The van der Waals surface area contributed by atoms with Crippen molar-refractivity contribution in [2.45, 2.75) is 42.5 Å². The topological polar surface area (TPSA) is 131 Å². The van der Waals surface area contributed by atoms with Gasteiger partial charge < -0.3 is 19.9 Å². The summed E-state index contributed by atoms with van der Waals surface area (Å²) in [4.78, 5) is 23.8. The molecule has 1 fully saturated rings. The Labute approximate surface area is 254 Å². The van der Waals surface area contributed by atoms with Crippen LogP contribution >= 0.6 is 0 Å². The van der Waals surface area contributed by atoms with Crippen LogP contribution in [0.3, 0.4) is 0 Å². The molecule has 0 unspecified atom stereocenters. The number of carbonyl (C=O) groups is 2. The third-order valence-electron chi connectivity index (χ3n) is 7.33. The summed E-state index contributed by atoms with van der Waals surface area (Å²) >= 11 is 0. The second-order valence-corrected chi connectivity index (χ2v) is 12.3. The smallest absolute Gasteiger partial charge is 0.337 e. The molecule has 0 radical (unpaired) electrons. The molecule has 4 aromatic rings. The van der Waals surface area contributed by atoms with E-state index in [9.17, 15) is 27.5 Å². The summed E-state index contributed by atoms with van der Waals surface area (Å²) in [6.45, 7) is 0.143. The largest absolute Gasteiger partial charge is 0.492 e. The molecule has 4 aromatic carbocycles. The number of rotatable bonds is 12. The number of hydrogen-bond acceptors (Lipinski definition) is 6. The van der Waals surface area contributed by atoms with E-state index in [1.165, 1.54) is 18.2 Å². The number of carboxylic acid groups (broad SMARTS) is 1. The van der Waals surface area contributed by atoms with Crippen LogP contribution < -0.4 is 19.5 Å². The van der Waals surface area contributed by atoms with E-state index < -0.39 is 27.3 Å². The van der Waals surface area contributed by atoms with Crippen LogP contribution in [0, 0.1) is 5.82 Å². The fraction of sp³-hybridized carbons (Fsp3) is 0.212. The van der Waals surface area contributed by atoms with Crippen LogP contribution in [0.25, 0.3) is 0 Å². The van der Waals surface area contributed by atoms with Crippen molar-refractivity contribution < 1.29 is 37.0 Å². The minimum Gasteiger partial charge on any atom is -0.492 e. The van der Waals surface area contributed by atoms with Gasteiger partial charge >= 0.3 is 5.97 Å². The van der Waals surface area contributed by atoms with Gasteiger partial charge in [0.15, 0.2) is 0 Å². The fourth-order valence-electron chi connectivity index (χ4n) is 5.08. The zero-order valence-corrected chi connectivity index (χ0v) is 24.5. The van der Waals surface area contributed by atoms with Gasteiger partial charge in [-0.05, 0) is 91.2 Å². The third kappa shape index (κ3) is 7.80. The molecular weight excluding hydrogens is 587 g/mol. The number of sulfonamides is 1. The molecule has 1 aliphatic rings. The number of nitrogens with one attached hydrogen (secondary N) is 2. The molecule has 1 aliphatic carbocycles. The van der Waals surface area contributed by atoms with E-state index in [-0.39, 0.29) is 35.1 Å². The fourth-order valence-corrected chi connectivity index (χ4v) is 6.53. The number of carboxylic acids is 1. The minimum absolute atomic E-state index is 0.00416. The van der Waals surface area contributed by atoms with Crippen LogP contribution in [0.1, 0.15) is 41.6 Å². The Balaban J connectivity index is 1.14. The molecule has 228 valence electrons. The van der Waals surface area contributed by atoms with E-state index in [1.807, 2.05) is 0 Å². The highest BCUT2D eigenvalue weighted by Gasteiger charge is 2.39. The Kier molecular flexibility index (Phi) is 9.26. The Hall–Kier alpha value is -4.74. The highest BCUT2D eigenvalue weighted by atomic mass is 32.2. The molecule has 0 aromatic heterocycles. The van der Waals surface area contributed by atoms with Crippen LogP contribution in [-0.4, -0.2) is 37.5 Å². The molecule has 0 spiro atoms. The molecule has 0 saturated heterocycles. The van der Waals surface area contributed by atoms with Crippen molar-refractivity contribution in [3.63, 3.8) is 0 Å². The quantitative estimate of drug-likeness (QED) is 0.173. The molecule has 1 saturated carbocycles. The summed E-state index contributed by atoms with van der Waals surface area (Å²) in [5.41, 5.74) is 0.218. The van der Waals surface area contributed by atoms with Gasteiger partial charge in [0.2, 0.25) is 15.9 Å². The van der Waals surface area contributed by atoms with E-state index in [4.69, 9.17) is 9.47 Å². The number of hydrogen-bond donors (Lipinski definition) is 3. The molecule has 0 atom stereocenters. The van der Waals surface area contributed by atoms with Gasteiger partial charge in [0.1, 0.15) is 29.7 Å². The first-order chi connectivity index (χ1) is 21.1. The highest BCUT2D eigenvalue weighted by molar-refractivity contribution is 7.89. The zero-order valence-electron chi connectivity index (χ0n) is 23.7. The number of carbonyl (C=O) groups excluding carboxylic acids is 1. The normalized spacial score (nSPS) is 14.1. The molecule has 44 heavy (non-hydrogen) atoms. The van der Waals surface area contributed by atoms with Gasteiger partial charge in [-0.2, -0.15) is 0 Å². The number of amides is 1. The number of halogens is 1. The monoisotopic (exact) mass is 618 g/mol. The highest BCUT2D eigenvalue weighted by Crippen LogP contribution is 2.33. The average molecular weight is 619 g/mol. The molecular formula is C33H31FN2O7S. The summed E-state index contributed by atoms with van der Waals surface area (Å²) in [6.07, 6.45) is 3.04. The Bertz CT molecular complexity index is 1720. The van der Waals surface area contributed by atoms with Crippen LogP contribution in [0.5, 0.6) is 17.2 Å². The van der Waals surface area contributed by atoms with E-state index in [2.05, 4.69) is 10.0 Å². The maximum Gasteiger partial charge on any atom is 0.337 e. The Morgan fingerprint density at radius 3 is 2.05 bits per heavy atom.